The Hall–Kier alpha value is -1.49. The molecular formula is C14H22N2O3. The van der Waals surface area contributed by atoms with E-state index in [0.717, 1.165) is 0 Å². The van der Waals surface area contributed by atoms with Crippen molar-refractivity contribution in [1.82, 2.24) is 9.97 Å². The minimum atomic E-state index is -0.564. The molecule has 0 saturated heterocycles. The van der Waals surface area contributed by atoms with Crippen molar-refractivity contribution in [2.75, 3.05) is 13.2 Å². The summed E-state index contributed by atoms with van der Waals surface area (Å²) in [5.74, 6) is 0.208. The molecule has 0 aromatic carbocycles. The summed E-state index contributed by atoms with van der Waals surface area (Å²) in [6, 6.07) is 0. The van der Waals surface area contributed by atoms with Gasteiger partial charge in [-0.2, -0.15) is 0 Å². The molecule has 0 aliphatic rings. The summed E-state index contributed by atoms with van der Waals surface area (Å²) in [5.41, 5.74) is 0.558. The van der Waals surface area contributed by atoms with Gasteiger partial charge in [-0.3, -0.25) is 0 Å². The van der Waals surface area contributed by atoms with Crippen LogP contribution in [0.3, 0.4) is 0 Å². The number of hydrogen-bond donors (Lipinski definition) is 0. The highest BCUT2D eigenvalue weighted by Crippen LogP contribution is 2.22. The van der Waals surface area contributed by atoms with Gasteiger partial charge in [-0.25, -0.2) is 14.8 Å². The Bertz CT molecular complexity index is 444. The fourth-order valence-electron chi connectivity index (χ4n) is 1.78. The Balaban J connectivity index is 3.12. The number of carbonyl (C=O) groups is 1. The maximum atomic E-state index is 11.8. The molecule has 0 amide bonds. The van der Waals surface area contributed by atoms with Crippen molar-refractivity contribution >= 4 is 5.97 Å². The van der Waals surface area contributed by atoms with E-state index in [1.165, 1.54) is 6.20 Å². The molecule has 5 nitrogen and oxygen atoms in total. The summed E-state index contributed by atoms with van der Waals surface area (Å²) in [5, 5.41) is 0. The van der Waals surface area contributed by atoms with E-state index in [4.69, 9.17) is 9.47 Å². The van der Waals surface area contributed by atoms with Gasteiger partial charge in [0, 0.05) is 12.8 Å². The molecule has 0 aliphatic carbocycles. The lowest BCUT2D eigenvalue weighted by Gasteiger charge is -2.23. The van der Waals surface area contributed by atoms with E-state index in [1.54, 1.807) is 6.92 Å². The van der Waals surface area contributed by atoms with Gasteiger partial charge in [0.2, 0.25) is 0 Å². The molecule has 0 atom stereocenters. The average Bonchev–Trinajstić information content (AvgIpc) is 2.38. The monoisotopic (exact) mass is 266 g/mol. The quantitative estimate of drug-likeness (QED) is 0.740. The maximum absolute atomic E-state index is 11.8. The first kappa shape index (κ1) is 15.6. The molecule has 1 aromatic heterocycles. The van der Waals surface area contributed by atoms with Crippen LogP contribution in [-0.2, 0) is 21.5 Å². The number of esters is 1. The Kier molecular flexibility index (Phi) is 5.42. The lowest BCUT2D eigenvalue weighted by atomic mass is 10.1. The zero-order chi connectivity index (χ0) is 14.5. The van der Waals surface area contributed by atoms with Crippen LogP contribution < -0.4 is 0 Å². The Labute approximate surface area is 114 Å². The Morgan fingerprint density at radius 3 is 2.47 bits per heavy atom. The van der Waals surface area contributed by atoms with Crippen molar-refractivity contribution < 1.29 is 14.3 Å². The third-order valence-electron chi connectivity index (χ3n) is 2.74. The first-order chi connectivity index (χ1) is 8.96. The van der Waals surface area contributed by atoms with Crippen LogP contribution in [0.15, 0.2) is 6.20 Å². The number of carbonyl (C=O) groups excluding carboxylic acids is 1. The number of aryl methyl sites for hydroxylation is 1. The van der Waals surface area contributed by atoms with Crippen molar-refractivity contribution in [1.29, 1.82) is 0 Å². The lowest BCUT2D eigenvalue weighted by molar-refractivity contribution is -0.0210. The molecule has 1 rings (SSSR count). The summed E-state index contributed by atoms with van der Waals surface area (Å²) in [4.78, 5) is 20.5. The van der Waals surface area contributed by atoms with Gasteiger partial charge < -0.3 is 9.47 Å². The summed E-state index contributed by atoms with van der Waals surface area (Å²) < 4.78 is 10.6. The summed E-state index contributed by atoms with van der Waals surface area (Å²) in [6.45, 7) is 10.4. The van der Waals surface area contributed by atoms with Gasteiger partial charge in [0.05, 0.1) is 17.9 Å². The minimum Gasteiger partial charge on any atom is -0.462 e. The Morgan fingerprint density at radius 1 is 1.26 bits per heavy atom. The van der Waals surface area contributed by atoms with Crippen LogP contribution in [0.25, 0.3) is 0 Å². The highest BCUT2D eigenvalue weighted by molar-refractivity contribution is 5.90. The molecule has 1 heterocycles. The molecule has 0 N–H and O–H groups in total. The van der Waals surface area contributed by atoms with Crippen molar-refractivity contribution in [2.24, 2.45) is 0 Å². The van der Waals surface area contributed by atoms with Crippen molar-refractivity contribution in [2.45, 2.75) is 46.6 Å². The minimum absolute atomic E-state index is 0.341. The van der Waals surface area contributed by atoms with E-state index in [0.29, 0.717) is 36.7 Å². The normalized spacial score (nSPS) is 11.4. The van der Waals surface area contributed by atoms with E-state index in [-0.39, 0.29) is 5.97 Å². The van der Waals surface area contributed by atoms with Crippen LogP contribution in [0.5, 0.6) is 0 Å². The molecule has 19 heavy (non-hydrogen) atoms. The lowest BCUT2D eigenvalue weighted by Crippen LogP contribution is -2.26. The highest BCUT2D eigenvalue weighted by Gasteiger charge is 2.26. The van der Waals surface area contributed by atoms with E-state index >= 15 is 0 Å². The first-order valence-corrected chi connectivity index (χ1v) is 6.63. The fraction of sp³-hybridized carbons (Fsp3) is 0.643. The molecule has 0 saturated carbocycles. The van der Waals surface area contributed by atoms with Crippen LogP contribution in [0.2, 0.25) is 0 Å². The van der Waals surface area contributed by atoms with Crippen LogP contribution in [-0.4, -0.2) is 29.2 Å². The molecule has 106 valence electrons. The first-order valence-electron chi connectivity index (χ1n) is 6.63. The van der Waals surface area contributed by atoms with Crippen LogP contribution in [0.4, 0.5) is 0 Å². The molecule has 5 heteroatoms. The SMILES string of the molecule is CCOC(=O)c1cnc(C(C)(C)OCC)nc1CC. The highest BCUT2D eigenvalue weighted by atomic mass is 16.5. The summed E-state index contributed by atoms with van der Waals surface area (Å²) in [6.07, 6.45) is 2.17. The van der Waals surface area contributed by atoms with Crippen LogP contribution in [0, 0.1) is 0 Å². The molecule has 0 fully saturated rings. The third kappa shape index (κ3) is 3.73. The van der Waals surface area contributed by atoms with Gasteiger partial charge >= 0.3 is 5.97 Å². The summed E-state index contributed by atoms with van der Waals surface area (Å²) in [7, 11) is 0. The predicted molar refractivity (Wildman–Crippen MR) is 72.0 cm³/mol. The second kappa shape index (κ2) is 6.61. The van der Waals surface area contributed by atoms with Gasteiger partial charge in [-0.15, -0.1) is 0 Å². The summed E-state index contributed by atoms with van der Waals surface area (Å²) >= 11 is 0. The van der Waals surface area contributed by atoms with E-state index in [1.807, 2.05) is 27.7 Å². The number of nitrogens with zero attached hydrogens (tertiary/aromatic N) is 2. The van der Waals surface area contributed by atoms with Gasteiger partial charge in [0.15, 0.2) is 5.82 Å². The zero-order valence-corrected chi connectivity index (χ0v) is 12.3. The van der Waals surface area contributed by atoms with Crippen molar-refractivity contribution in [3.8, 4) is 0 Å². The maximum Gasteiger partial charge on any atom is 0.341 e. The number of rotatable bonds is 6. The smallest absolute Gasteiger partial charge is 0.341 e. The van der Waals surface area contributed by atoms with Gasteiger partial charge in [0.25, 0.3) is 0 Å². The molecule has 0 radical (unpaired) electrons. The second-order valence-electron chi connectivity index (χ2n) is 4.57. The number of ether oxygens (including phenoxy) is 2. The zero-order valence-electron chi connectivity index (χ0n) is 12.3. The van der Waals surface area contributed by atoms with E-state index < -0.39 is 5.60 Å². The van der Waals surface area contributed by atoms with Crippen molar-refractivity contribution in [3.63, 3.8) is 0 Å². The molecule has 0 unspecified atom stereocenters. The largest absolute Gasteiger partial charge is 0.462 e. The predicted octanol–water partition coefficient (Wildman–Crippen LogP) is 2.49. The standard InChI is InChI=1S/C14H22N2O3/c1-6-11-10(12(17)18-7-2)9-15-13(16-11)14(4,5)19-8-3/h9H,6-8H2,1-5H3. The molecule has 1 aromatic rings. The van der Waals surface area contributed by atoms with Crippen LogP contribution >= 0.6 is 0 Å². The van der Waals surface area contributed by atoms with Gasteiger partial charge in [0.1, 0.15) is 5.60 Å². The topological polar surface area (TPSA) is 61.3 Å². The third-order valence-corrected chi connectivity index (χ3v) is 2.74. The second-order valence-corrected chi connectivity index (χ2v) is 4.57. The van der Waals surface area contributed by atoms with E-state index in [9.17, 15) is 4.79 Å². The molecule has 0 spiro atoms. The van der Waals surface area contributed by atoms with Crippen molar-refractivity contribution in [3.05, 3.63) is 23.3 Å². The molecule has 0 bridgehead atoms. The number of hydrogen-bond acceptors (Lipinski definition) is 5. The molecular weight excluding hydrogens is 244 g/mol. The Morgan fingerprint density at radius 2 is 1.95 bits per heavy atom. The van der Waals surface area contributed by atoms with Gasteiger partial charge in [-0.1, -0.05) is 6.92 Å². The van der Waals surface area contributed by atoms with Gasteiger partial charge in [-0.05, 0) is 34.1 Å². The average molecular weight is 266 g/mol. The fourth-order valence-corrected chi connectivity index (χ4v) is 1.78. The van der Waals surface area contributed by atoms with E-state index in [2.05, 4.69) is 9.97 Å². The molecule has 0 aliphatic heterocycles. The van der Waals surface area contributed by atoms with Crippen LogP contribution in [0.1, 0.15) is 56.5 Å². The number of aromatic nitrogens is 2.